The molecule has 2 N–H and O–H groups in total. The largest absolute Gasteiger partial charge is 0.480 e. The third kappa shape index (κ3) is 4.60. The van der Waals surface area contributed by atoms with E-state index in [4.69, 9.17) is 5.11 Å². The van der Waals surface area contributed by atoms with E-state index >= 15 is 0 Å². The van der Waals surface area contributed by atoms with Crippen molar-refractivity contribution in [1.29, 1.82) is 0 Å². The molecular weight excluding hydrogens is 238 g/mol. The number of aromatic nitrogens is 2. The molecule has 0 radical (unpaired) electrons. The van der Waals surface area contributed by atoms with Gasteiger partial charge in [0.25, 0.3) is 0 Å². The normalized spacial score (nSPS) is 11.3. The van der Waals surface area contributed by atoms with Crippen molar-refractivity contribution in [3.05, 3.63) is 36.9 Å². The molecule has 1 aromatic heterocycles. The molecule has 0 aliphatic rings. The highest BCUT2D eigenvalue weighted by molar-refractivity contribution is 5.80. The summed E-state index contributed by atoms with van der Waals surface area (Å²) in [4.78, 5) is 30.0. The Morgan fingerprint density at radius 3 is 2.72 bits per heavy atom. The standard InChI is InChI=1S/C11H13N3O4/c1-2-6-18-11(17)14-8(10(15)16)7-9-12-4-3-5-13-9/h2-5,8H,1,6-7H2,(H,14,17)(H,15,16). The van der Waals surface area contributed by atoms with Crippen molar-refractivity contribution < 1.29 is 19.4 Å². The highest BCUT2D eigenvalue weighted by Crippen LogP contribution is 1.97. The van der Waals surface area contributed by atoms with Gasteiger partial charge in [-0.25, -0.2) is 19.6 Å². The van der Waals surface area contributed by atoms with Gasteiger partial charge in [0.05, 0.1) is 0 Å². The summed E-state index contributed by atoms with van der Waals surface area (Å²) in [6, 6.07) is 0.482. The van der Waals surface area contributed by atoms with E-state index in [1.165, 1.54) is 18.5 Å². The molecular formula is C11H13N3O4. The maximum Gasteiger partial charge on any atom is 0.408 e. The van der Waals surface area contributed by atoms with Crippen LogP contribution in [0, 0.1) is 0 Å². The van der Waals surface area contributed by atoms with Crippen molar-refractivity contribution in [2.24, 2.45) is 0 Å². The SMILES string of the molecule is C=CCOC(=O)NC(Cc1ncccn1)C(=O)O. The first kappa shape index (κ1) is 13.6. The molecule has 0 fully saturated rings. The lowest BCUT2D eigenvalue weighted by molar-refractivity contribution is -0.139. The van der Waals surface area contributed by atoms with Crippen LogP contribution >= 0.6 is 0 Å². The number of hydrogen-bond acceptors (Lipinski definition) is 5. The Balaban J connectivity index is 2.58. The van der Waals surface area contributed by atoms with Crippen molar-refractivity contribution in [2.75, 3.05) is 6.61 Å². The average Bonchev–Trinajstić information content (AvgIpc) is 2.36. The Morgan fingerprint density at radius 1 is 1.50 bits per heavy atom. The summed E-state index contributed by atoms with van der Waals surface area (Å²) in [5, 5.41) is 11.2. The number of carboxylic acids is 1. The van der Waals surface area contributed by atoms with Gasteiger partial charge in [0.2, 0.25) is 0 Å². The van der Waals surface area contributed by atoms with Crippen molar-refractivity contribution in [3.63, 3.8) is 0 Å². The molecule has 0 aliphatic heterocycles. The predicted octanol–water partition coefficient (Wildman–Crippen LogP) is 0.384. The molecule has 7 nitrogen and oxygen atoms in total. The molecule has 0 aromatic carbocycles. The molecule has 1 atom stereocenters. The molecule has 0 aliphatic carbocycles. The molecule has 1 unspecified atom stereocenters. The second-order valence-corrected chi connectivity index (χ2v) is 3.29. The first-order valence-electron chi connectivity index (χ1n) is 5.16. The van der Waals surface area contributed by atoms with Gasteiger partial charge in [0.15, 0.2) is 0 Å². The van der Waals surface area contributed by atoms with E-state index in [0.717, 1.165) is 0 Å². The molecule has 1 amide bonds. The number of carbonyl (C=O) groups excluding carboxylic acids is 1. The lowest BCUT2D eigenvalue weighted by atomic mass is 10.2. The fourth-order valence-electron chi connectivity index (χ4n) is 1.14. The van der Waals surface area contributed by atoms with Gasteiger partial charge in [-0.1, -0.05) is 12.7 Å². The van der Waals surface area contributed by atoms with E-state index in [1.807, 2.05) is 0 Å². The summed E-state index contributed by atoms with van der Waals surface area (Å²) >= 11 is 0. The Bertz CT molecular complexity index is 422. The first-order chi connectivity index (χ1) is 8.63. The number of alkyl carbamates (subject to hydrolysis) is 1. The summed E-state index contributed by atoms with van der Waals surface area (Å²) in [6.45, 7) is 3.39. The minimum absolute atomic E-state index is 0.0139. The van der Waals surface area contributed by atoms with Crippen molar-refractivity contribution in [3.8, 4) is 0 Å². The smallest absolute Gasteiger partial charge is 0.408 e. The molecule has 0 bridgehead atoms. The summed E-state index contributed by atoms with van der Waals surface area (Å²) in [5.41, 5.74) is 0. The monoisotopic (exact) mass is 251 g/mol. The van der Waals surface area contributed by atoms with E-state index in [2.05, 4.69) is 26.6 Å². The van der Waals surface area contributed by atoms with Crippen LogP contribution in [0.4, 0.5) is 4.79 Å². The van der Waals surface area contributed by atoms with E-state index in [9.17, 15) is 9.59 Å². The highest BCUT2D eigenvalue weighted by Gasteiger charge is 2.22. The molecule has 1 heterocycles. The second-order valence-electron chi connectivity index (χ2n) is 3.29. The van der Waals surface area contributed by atoms with Crippen LogP contribution in [-0.2, 0) is 16.0 Å². The fraction of sp³-hybridized carbons (Fsp3) is 0.273. The Kier molecular flexibility index (Phi) is 5.30. The van der Waals surface area contributed by atoms with Gasteiger partial charge in [0, 0.05) is 18.8 Å². The van der Waals surface area contributed by atoms with Crippen LogP contribution in [0.2, 0.25) is 0 Å². The topological polar surface area (TPSA) is 101 Å². The van der Waals surface area contributed by atoms with E-state index in [-0.39, 0.29) is 13.0 Å². The van der Waals surface area contributed by atoms with Crippen molar-refractivity contribution >= 4 is 12.1 Å². The number of rotatable bonds is 6. The van der Waals surface area contributed by atoms with Crippen molar-refractivity contribution in [2.45, 2.75) is 12.5 Å². The van der Waals surface area contributed by atoms with Gasteiger partial charge in [0.1, 0.15) is 18.5 Å². The minimum Gasteiger partial charge on any atom is -0.480 e. The summed E-state index contributed by atoms with van der Waals surface area (Å²) in [6.07, 6.45) is 3.54. The van der Waals surface area contributed by atoms with Gasteiger partial charge in [-0.2, -0.15) is 0 Å². The maximum absolute atomic E-state index is 11.2. The average molecular weight is 251 g/mol. The van der Waals surface area contributed by atoms with Crippen LogP contribution in [-0.4, -0.2) is 39.8 Å². The summed E-state index contributed by atoms with van der Waals surface area (Å²) in [7, 11) is 0. The molecule has 7 heteroatoms. The third-order valence-electron chi connectivity index (χ3n) is 1.93. The summed E-state index contributed by atoms with van der Waals surface area (Å²) < 4.78 is 4.64. The van der Waals surface area contributed by atoms with Crippen LogP contribution in [0.15, 0.2) is 31.1 Å². The number of carbonyl (C=O) groups is 2. The van der Waals surface area contributed by atoms with Gasteiger partial charge in [-0.05, 0) is 6.07 Å². The first-order valence-corrected chi connectivity index (χ1v) is 5.16. The number of ether oxygens (including phenoxy) is 1. The second kappa shape index (κ2) is 7.00. The molecule has 0 spiro atoms. The molecule has 0 saturated carbocycles. The number of carboxylic acid groups (broad SMARTS) is 1. The number of nitrogens with zero attached hydrogens (tertiary/aromatic N) is 2. The quantitative estimate of drug-likeness (QED) is 0.709. The zero-order valence-electron chi connectivity index (χ0n) is 9.57. The van der Waals surface area contributed by atoms with Crippen LogP contribution in [0.25, 0.3) is 0 Å². The number of amides is 1. The van der Waals surface area contributed by atoms with Gasteiger partial charge < -0.3 is 15.2 Å². The number of nitrogens with one attached hydrogen (secondary N) is 1. The lowest BCUT2D eigenvalue weighted by Crippen LogP contribution is -2.42. The molecule has 1 rings (SSSR count). The zero-order valence-corrected chi connectivity index (χ0v) is 9.57. The maximum atomic E-state index is 11.2. The molecule has 0 saturated heterocycles. The van der Waals surface area contributed by atoms with Gasteiger partial charge in [-0.15, -0.1) is 0 Å². The van der Waals surface area contributed by atoms with Crippen LogP contribution in [0.3, 0.4) is 0 Å². The Labute approximate surface area is 104 Å². The van der Waals surface area contributed by atoms with Crippen LogP contribution in [0.1, 0.15) is 5.82 Å². The fourth-order valence-corrected chi connectivity index (χ4v) is 1.14. The van der Waals surface area contributed by atoms with Crippen LogP contribution in [0.5, 0.6) is 0 Å². The van der Waals surface area contributed by atoms with E-state index in [0.29, 0.717) is 5.82 Å². The van der Waals surface area contributed by atoms with Crippen molar-refractivity contribution in [1.82, 2.24) is 15.3 Å². The Hall–Kier alpha value is -2.44. The van der Waals surface area contributed by atoms with Gasteiger partial charge in [-0.3, -0.25) is 0 Å². The third-order valence-corrected chi connectivity index (χ3v) is 1.93. The zero-order chi connectivity index (χ0) is 13.4. The predicted molar refractivity (Wildman–Crippen MR) is 61.8 cm³/mol. The Morgan fingerprint density at radius 2 is 2.17 bits per heavy atom. The van der Waals surface area contributed by atoms with E-state index < -0.39 is 18.1 Å². The molecule has 18 heavy (non-hydrogen) atoms. The lowest BCUT2D eigenvalue weighted by Gasteiger charge is -2.13. The highest BCUT2D eigenvalue weighted by atomic mass is 16.5. The van der Waals surface area contributed by atoms with Crippen LogP contribution < -0.4 is 5.32 Å². The summed E-state index contributed by atoms with van der Waals surface area (Å²) in [5.74, 6) is -0.855. The van der Waals surface area contributed by atoms with E-state index in [1.54, 1.807) is 6.07 Å². The molecule has 96 valence electrons. The minimum atomic E-state index is -1.18. The van der Waals surface area contributed by atoms with Gasteiger partial charge >= 0.3 is 12.1 Å². The number of hydrogen-bond donors (Lipinski definition) is 2. The number of aliphatic carboxylic acids is 1. The molecule has 1 aromatic rings.